The van der Waals surface area contributed by atoms with Gasteiger partial charge in [-0.15, -0.1) is 12.4 Å². The van der Waals surface area contributed by atoms with Crippen molar-refractivity contribution in [3.05, 3.63) is 34.3 Å². The number of rotatable bonds is 4. The van der Waals surface area contributed by atoms with Crippen molar-refractivity contribution in [3.8, 4) is 0 Å². The summed E-state index contributed by atoms with van der Waals surface area (Å²) in [6.07, 6.45) is 0. The summed E-state index contributed by atoms with van der Waals surface area (Å²) >= 11 is 5.97. The third-order valence-electron chi connectivity index (χ3n) is 2.85. The van der Waals surface area contributed by atoms with Crippen molar-refractivity contribution in [1.82, 2.24) is 4.90 Å². The first-order valence-electron chi connectivity index (χ1n) is 5.98. The van der Waals surface area contributed by atoms with Crippen LogP contribution in [0.3, 0.4) is 0 Å². The van der Waals surface area contributed by atoms with Gasteiger partial charge < -0.3 is 10.6 Å². The number of carbonyl (C=O) groups is 1. The number of hydrogen-bond acceptors (Lipinski definition) is 2. The van der Waals surface area contributed by atoms with Crippen molar-refractivity contribution in [2.45, 2.75) is 20.8 Å². The Morgan fingerprint density at radius 3 is 2.42 bits per heavy atom. The second kappa shape index (κ2) is 7.13. The SMILES string of the molecule is Cc1cc(Cl)cc(C(=O)N(C)CC(C)(C)CN)c1.Cl. The van der Waals surface area contributed by atoms with Crippen LogP contribution in [0.15, 0.2) is 18.2 Å². The second-order valence-corrected chi connectivity index (χ2v) is 5.98. The summed E-state index contributed by atoms with van der Waals surface area (Å²) in [6.45, 7) is 7.17. The molecule has 0 unspecified atom stereocenters. The third kappa shape index (κ3) is 5.39. The summed E-state index contributed by atoms with van der Waals surface area (Å²) in [5, 5.41) is 0.588. The molecule has 0 bridgehead atoms. The minimum absolute atomic E-state index is 0. The molecular formula is C14H22Cl2N2O. The van der Waals surface area contributed by atoms with Crippen LogP contribution in [0.1, 0.15) is 29.8 Å². The van der Waals surface area contributed by atoms with Crippen LogP contribution in [0.2, 0.25) is 5.02 Å². The lowest BCUT2D eigenvalue weighted by Gasteiger charge is -2.29. The zero-order chi connectivity index (χ0) is 13.9. The molecule has 2 N–H and O–H groups in total. The summed E-state index contributed by atoms with van der Waals surface area (Å²) < 4.78 is 0. The molecule has 5 heteroatoms. The molecule has 0 heterocycles. The van der Waals surface area contributed by atoms with Crippen LogP contribution < -0.4 is 5.73 Å². The van der Waals surface area contributed by atoms with Crippen LogP contribution in [0.5, 0.6) is 0 Å². The first-order chi connectivity index (χ1) is 8.25. The maximum atomic E-state index is 12.3. The smallest absolute Gasteiger partial charge is 0.253 e. The molecule has 0 saturated heterocycles. The van der Waals surface area contributed by atoms with E-state index in [4.69, 9.17) is 17.3 Å². The van der Waals surface area contributed by atoms with Gasteiger partial charge in [-0.25, -0.2) is 0 Å². The summed E-state index contributed by atoms with van der Waals surface area (Å²) in [5.74, 6) is -0.0258. The Bertz CT molecular complexity index is 427. The van der Waals surface area contributed by atoms with Crippen molar-refractivity contribution in [3.63, 3.8) is 0 Å². The first-order valence-corrected chi connectivity index (χ1v) is 6.36. The van der Waals surface area contributed by atoms with E-state index in [0.29, 0.717) is 23.7 Å². The normalized spacial score (nSPS) is 10.8. The monoisotopic (exact) mass is 304 g/mol. The second-order valence-electron chi connectivity index (χ2n) is 5.55. The molecule has 0 saturated carbocycles. The van der Waals surface area contributed by atoms with E-state index in [1.54, 1.807) is 18.0 Å². The van der Waals surface area contributed by atoms with Gasteiger partial charge in [0.15, 0.2) is 0 Å². The molecule has 1 aromatic rings. The Morgan fingerprint density at radius 1 is 1.37 bits per heavy atom. The molecule has 1 rings (SSSR count). The summed E-state index contributed by atoms with van der Waals surface area (Å²) in [6, 6.07) is 5.38. The van der Waals surface area contributed by atoms with Crippen molar-refractivity contribution < 1.29 is 4.79 Å². The quantitative estimate of drug-likeness (QED) is 0.929. The van der Waals surface area contributed by atoms with E-state index in [-0.39, 0.29) is 23.7 Å². The maximum Gasteiger partial charge on any atom is 0.253 e. The summed E-state index contributed by atoms with van der Waals surface area (Å²) in [4.78, 5) is 14.0. The van der Waals surface area contributed by atoms with Crippen LogP contribution >= 0.6 is 24.0 Å². The van der Waals surface area contributed by atoms with E-state index in [9.17, 15) is 4.79 Å². The molecule has 0 atom stereocenters. The van der Waals surface area contributed by atoms with Gasteiger partial charge in [0.25, 0.3) is 5.91 Å². The van der Waals surface area contributed by atoms with E-state index in [0.717, 1.165) is 5.56 Å². The van der Waals surface area contributed by atoms with Crippen molar-refractivity contribution in [2.75, 3.05) is 20.1 Å². The largest absolute Gasteiger partial charge is 0.341 e. The van der Waals surface area contributed by atoms with Crippen LogP contribution in [-0.2, 0) is 0 Å². The number of hydrogen-bond donors (Lipinski definition) is 1. The van der Waals surface area contributed by atoms with E-state index in [1.807, 2.05) is 32.9 Å². The molecule has 0 spiro atoms. The molecule has 0 fully saturated rings. The standard InChI is InChI=1S/C14H21ClN2O.ClH/c1-10-5-11(7-12(15)6-10)13(18)17(4)9-14(2,3)8-16;/h5-7H,8-9,16H2,1-4H3;1H. The van der Waals surface area contributed by atoms with Gasteiger partial charge in [-0.1, -0.05) is 25.4 Å². The van der Waals surface area contributed by atoms with Crippen molar-refractivity contribution in [2.24, 2.45) is 11.1 Å². The minimum Gasteiger partial charge on any atom is -0.341 e. The van der Waals surface area contributed by atoms with E-state index in [1.165, 1.54) is 0 Å². The van der Waals surface area contributed by atoms with Gasteiger partial charge in [0.2, 0.25) is 0 Å². The highest BCUT2D eigenvalue weighted by Gasteiger charge is 2.22. The highest BCUT2D eigenvalue weighted by Crippen LogP contribution is 2.19. The molecule has 108 valence electrons. The fourth-order valence-electron chi connectivity index (χ4n) is 1.86. The van der Waals surface area contributed by atoms with Gasteiger partial charge in [-0.05, 0) is 42.6 Å². The topological polar surface area (TPSA) is 46.3 Å². The Labute approximate surface area is 126 Å². The lowest BCUT2D eigenvalue weighted by molar-refractivity contribution is 0.0740. The fourth-order valence-corrected chi connectivity index (χ4v) is 2.15. The molecule has 0 radical (unpaired) electrons. The van der Waals surface area contributed by atoms with Crippen LogP contribution in [0.25, 0.3) is 0 Å². The Balaban J connectivity index is 0.00000324. The number of aryl methyl sites for hydroxylation is 1. The number of nitrogens with zero attached hydrogens (tertiary/aromatic N) is 1. The molecular weight excluding hydrogens is 283 g/mol. The number of benzene rings is 1. The number of halogens is 2. The van der Waals surface area contributed by atoms with Crippen LogP contribution in [0.4, 0.5) is 0 Å². The molecule has 3 nitrogen and oxygen atoms in total. The first kappa shape index (κ1) is 18.2. The van der Waals surface area contributed by atoms with Crippen LogP contribution in [-0.4, -0.2) is 30.9 Å². The van der Waals surface area contributed by atoms with Gasteiger partial charge in [0.1, 0.15) is 0 Å². The van der Waals surface area contributed by atoms with Gasteiger partial charge in [-0.2, -0.15) is 0 Å². The Morgan fingerprint density at radius 2 is 1.95 bits per heavy atom. The number of amides is 1. The van der Waals surface area contributed by atoms with Gasteiger partial charge in [0, 0.05) is 24.2 Å². The summed E-state index contributed by atoms with van der Waals surface area (Å²) in [7, 11) is 1.79. The predicted molar refractivity (Wildman–Crippen MR) is 83.2 cm³/mol. The fraction of sp³-hybridized carbons (Fsp3) is 0.500. The van der Waals surface area contributed by atoms with E-state index < -0.39 is 0 Å². The molecule has 0 aromatic heterocycles. The minimum atomic E-state index is -0.0853. The van der Waals surface area contributed by atoms with E-state index >= 15 is 0 Å². The lowest BCUT2D eigenvalue weighted by Crippen LogP contribution is -2.39. The lowest BCUT2D eigenvalue weighted by atomic mass is 9.93. The zero-order valence-corrected chi connectivity index (χ0v) is 13.4. The van der Waals surface area contributed by atoms with Gasteiger partial charge >= 0.3 is 0 Å². The highest BCUT2D eigenvalue weighted by atomic mass is 35.5. The number of nitrogens with two attached hydrogens (primary N) is 1. The maximum absolute atomic E-state index is 12.3. The molecule has 19 heavy (non-hydrogen) atoms. The molecule has 1 amide bonds. The predicted octanol–water partition coefficient (Wildman–Crippen LogP) is 3.13. The van der Waals surface area contributed by atoms with Crippen molar-refractivity contribution in [1.29, 1.82) is 0 Å². The highest BCUT2D eigenvalue weighted by molar-refractivity contribution is 6.31. The van der Waals surface area contributed by atoms with Gasteiger partial charge in [-0.3, -0.25) is 4.79 Å². The summed E-state index contributed by atoms with van der Waals surface area (Å²) in [5.41, 5.74) is 7.20. The Hall–Kier alpha value is -0.770. The number of carbonyl (C=O) groups excluding carboxylic acids is 1. The van der Waals surface area contributed by atoms with E-state index in [2.05, 4.69) is 0 Å². The Kier molecular flexibility index (Phi) is 6.84. The molecule has 0 aliphatic heterocycles. The van der Waals surface area contributed by atoms with Crippen LogP contribution in [0, 0.1) is 12.3 Å². The molecule has 0 aliphatic carbocycles. The van der Waals surface area contributed by atoms with Crippen molar-refractivity contribution >= 4 is 29.9 Å². The molecule has 1 aromatic carbocycles. The van der Waals surface area contributed by atoms with Gasteiger partial charge in [0.05, 0.1) is 0 Å². The zero-order valence-electron chi connectivity index (χ0n) is 11.9. The average Bonchev–Trinajstić information content (AvgIpc) is 2.26. The third-order valence-corrected chi connectivity index (χ3v) is 3.07. The molecule has 0 aliphatic rings. The average molecular weight is 305 g/mol.